The summed E-state index contributed by atoms with van der Waals surface area (Å²) in [5, 5.41) is 4.62. The SMILES string of the molecule is c1ccc(-c2ccc(-c3cccc4c3c3cc(N(c5ccc(-c6ccccc6)cc5)c5ccc6oc7ccccc7c6c5)ccc3n4-c3ccccc3)cc2)cc1. The molecule has 0 atom stereocenters. The minimum absolute atomic E-state index is 0.878. The lowest BCUT2D eigenvalue weighted by Crippen LogP contribution is -2.09. The van der Waals surface area contributed by atoms with Gasteiger partial charge in [0, 0.05) is 44.3 Å². The number of hydrogen-bond donors (Lipinski definition) is 0. The van der Waals surface area contributed by atoms with Gasteiger partial charge in [0.1, 0.15) is 11.2 Å². The molecule has 0 fully saturated rings. The Bertz CT molecular complexity index is 3200. The van der Waals surface area contributed by atoms with Gasteiger partial charge in [0.05, 0.1) is 11.0 Å². The summed E-state index contributed by atoms with van der Waals surface area (Å²) in [5.74, 6) is 0. The van der Waals surface area contributed by atoms with Gasteiger partial charge >= 0.3 is 0 Å². The van der Waals surface area contributed by atoms with Crippen LogP contribution in [0.3, 0.4) is 0 Å². The van der Waals surface area contributed by atoms with E-state index in [1.807, 2.05) is 12.1 Å². The van der Waals surface area contributed by atoms with Gasteiger partial charge in [-0.15, -0.1) is 0 Å². The van der Waals surface area contributed by atoms with Gasteiger partial charge in [-0.2, -0.15) is 0 Å². The van der Waals surface area contributed by atoms with Crippen LogP contribution in [0.1, 0.15) is 0 Å². The summed E-state index contributed by atoms with van der Waals surface area (Å²) < 4.78 is 8.68. The van der Waals surface area contributed by atoms with Crippen LogP contribution in [0.15, 0.2) is 223 Å². The van der Waals surface area contributed by atoms with Gasteiger partial charge in [-0.3, -0.25) is 0 Å². The van der Waals surface area contributed by atoms with Gasteiger partial charge in [-0.05, 0) is 106 Å². The highest BCUT2D eigenvalue weighted by Gasteiger charge is 2.21. The number of hydrogen-bond acceptors (Lipinski definition) is 2. The molecule has 0 saturated carbocycles. The lowest BCUT2D eigenvalue weighted by molar-refractivity contribution is 0.669. The van der Waals surface area contributed by atoms with Crippen LogP contribution >= 0.6 is 0 Å². The Labute approximate surface area is 330 Å². The van der Waals surface area contributed by atoms with Gasteiger partial charge in [-0.25, -0.2) is 0 Å². The van der Waals surface area contributed by atoms with Crippen molar-refractivity contribution in [1.29, 1.82) is 0 Å². The van der Waals surface area contributed by atoms with Crippen LogP contribution in [0.25, 0.3) is 82.8 Å². The van der Waals surface area contributed by atoms with Crippen LogP contribution in [0.4, 0.5) is 17.1 Å². The Balaban J connectivity index is 1.14. The summed E-state index contributed by atoms with van der Waals surface area (Å²) in [4.78, 5) is 2.37. The second-order valence-corrected chi connectivity index (χ2v) is 14.5. The molecule has 2 heterocycles. The summed E-state index contributed by atoms with van der Waals surface area (Å²) in [7, 11) is 0. The number of aromatic nitrogens is 1. The second-order valence-electron chi connectivity index (χ2n) is 14.5. The average Bonchev–Trinajstić information content (AvgIpc) is 3.83. The number of furan rings is 1. The molecule has 0 aliphatic carbocycles. The maximum atomic E-state index is 6.28. The van der Waals surface area contributed by atoms with Crippen molar-refractivity contribution in [3.05, 3.63) is 218 Å². The molecule has 0 aliphatic rings. The van der Waals surface area contributed by atoms with Gasteiger partial charge < -0.3 is 13.9 Å². The van der Waals surface area contributed by atoms with Crippen LogP contribution in [0, 0.1) is 0 Å². The predicted octanol–water partition coefficient (Wildman–Crippen LogP) is 15.2. The number of fused-ring (bicyclic) bond motifs is 6. The lowest BCUT2D eigenvalue weighted by Gasteiger charge is -2.26. The number of para-hydroxylation sites is 2. The molecule has 0 unspecified atom stereocenters. The fourth-order valence-electron chi connectivity index (χ4n) is 8.50. The fraction of sp³-hybridized carbons (Fsp3) is 0. The molecule has 0 bridgehead atoms. The first-order valence-electron chi connectivity index (χ1n) is 19.4. The van der Waals surface area contributed by atoms with Crippen LogP contribution in [-0.2, 0) is 0 Å². The molecule has 0 spiro atoms. The third kappa shape index (κ3) is 5.68. The Morgan fingerprint density at radius 2 is 0.860 bits per heavy atom. The maximum Gasteiger partial charge on any atom is 0.135 e. The third-order valence-electron chi connectivity index (χ3n) is 11.2. The summed E-state index contributed by atoms with van der Waals surface area (Å²) >= 11 is 0. The van der Waals surface area contributed by atoms with Gasteiger partial charge in [0.2, 0.25) is 0 Å². The topological polar surface area (TPSA) is 21.3 Å². The summed E-state index contributed by atoms with van der Waals surface area (Å²) in [6, 6.07) is 78.2. The highest BCUT2D eigenvalue weighted by molar-refractivity contribution is 6.17. The van der Waals surface area contributed by atoms with E-state index in [0.717, 1.165) is 50.2 Å². The number of benzene rings is 9. The normalized spacial score (nSPS) is 11.5. The molecule has 9 aromatic carbocycles. The summed E-state index contributed by atoms with van der Waals surface area (Å²) in [6.07, 6.45) is 0. The first-order chi connectivity index (χ1) is 28.3. The highest BCUT2D eigenvalue weighted by atomic mass is 16.3. The summed E-state index contributed by atoms with van der Waals surface area (Å²) in [5.41, 5.74) is 15.6. The Hall–Kier alpha value is -7.62. The number of anilines is 3. The lowest BCUT2D eigenvalue weighted by atomic mass is 9.96. The van der Waals surface area contributed by atoms with E-state index >= 15 is 0 Å². The summed E-state index contributed by atoms with van der Waals surface area (Å²) in [6.45, 7) is 0. The molecule has 2 aromatic heterocycles. The first-order valence-corrected chi connectivity index (χ1v) is 19.4. The third-order valence-corrected chi connectivity index (χ3v) is 11.2. The van der Waals surface area contributed by atoms with Crippen LogP contribution < -0.4 is 4.90 Å². The van der Waals surface area contributed by atoms with Crippen molar-refractivity contribution < 1.29 is 4.42 Å². The number of rotatable bonds is 7. The molecule has 3 heteroatoms. The van der Waals surface area contributed by atoms with E-state index < -0.39 is 0 Å². The molecule has 3 nitrogen and oxygen atoms in total. The molecule has 0 saturated heterocycles. The Morgan fingerprint density at radius 1 is 0.333 bits per heavy atom. The first kappa shape index (κ1) is 32.8. The van der Waals surface area contributed by atoms with Crippen LogP contribution in [0.5, 0.6) is 0 Å². The second kappa shape index (κ2) is 13.6. The van der Waals surface area contributed by atoms with Gasteiger partial charge in [0.25, 0.3) is 0 Å². The van der Waals surface area contributed by atoms with Crippen molar-refractivity contribution in [3.63, 3.8) is 0 Å². The molecule has 11 aromatic rings. The average molecular weight is 729 g/mol. The quantitative estimate of drug-likeness (QED) is 0.163. The Kier molecular flexibility index (Phi) is 7.82. The van der Waals surface area contributed by atoms with Crippen LogP contribution in [-0.4, -0.2) is 4.57 Å². The van der Waals surface area contributed by atoms with E-state index in [0.29, 0.717) is 0 Å². The van der Waals surface area contributed by atoms with E-state index in [1.54, 1.807) is 0 Å². The molecule has 0 amide bonds. The molecular formula is C54H36N2O. The monoisotopic (exact) mass is 728 g/mol. The van der Waals surface area contributed by atoms with Gasteiger partial charge in [-0.1, -0.05) is 146 Å². The number of nitrogens with zero attached hydrogens (tertiary/aromatic N) is 2. The van der Waals surface area contributed by atoms with Gasteiger partial charge in [0.15, 0.2) is 0 Å². The van der Waals surface area contributed by atoms with E-state index in [9.17, 15) is 0 Å². The van der Waals surface area contributed by atoms with E-state index in [1.165, 1.54) is 49.7 Å². The zero-order chi connectivity index (χ0) is 37.7. The molecule has 11 rings (SSSR count). The standard InChI is InChI=1S/C54H36N2O/c1-4-13-37(14-5-1)39-23-25-41(26-24-39)46-20-12-21-51-54(46)49-36-44(31-33-50(49)56(51)42-17-8-3-9-18-42)55(43-29-27-40(28-30-43)38-15-6-2-7-16-38)45-32-34-53-48(35-45)47-19-10-11-22-52(47)57-53/h1-36H. The van der Waals surface area contributed by atoms with E-state index in [-0.39, 0.29) is 0 Å². The maximum absolute atomic E-state index is 6.28. The molecule has 0 aliphatic heterocycles. The highest BCUT2D eigenvalue weighted by Crippen LogP contribution is 2.44. The van der Waals surface area contributed by atoms with Crippen LogP contribution in [0.2, 0.25) is 0 Å². The van der Waals surface area contributed by atoms with Crippen molar-refractivity contribution in [2.45, 2.75) is 0 Å². The molecular weight excluding hydrogens is 693 g/mol. The molecule has 0 radical (unpaired) electrons. The predicted molar refractivity (Wildman–Crippen MR) is 239 cm³/mol. The van der Waals surface area contributed by atoms with Crippen molar-refractivity contribution >= 4 is 60.8 Å². The minimum Gasteiger partial charge on any atom is -0.456 e. The van der Waals surface area contributed by atoms with E-state index in [4.69, 9.17) is 4.42 Å². The van der Waals surface area contributed by atoms with Crippen molar-refractivity contribution in [2.24, 2.45) is 0 Å². The van der Waals surface area contributed by atoms with Crippen molar-refractivity contribution in [2.75, 3.05) is 4.90 Å². The smallest absolute Gasteiger partial charge is 0.135 e. The fourth-order valence-corrected chi connectivity index (χ4v) is 8.50. The zero-order valence-corrected chi connectivity index (χ0v) is 31.1. The van der Waals surface area contributed by atoms with Crippen molar-refractivity contribution in [1.82, 2.24) is 4.57 Å². The largest absolute Gasteiger partial charge is 0.456 e. The Morgan fingerprint density at radius 3 is 1.56 bits per heavy atom. The molecule has 268 valence electrons. The molecule has 57 heavy (non-hydrogen) atoms. The zero-order valence-electron chi connectivity index (χ0n) is 31.1. The van der Waals surface area contributed by atoms with E-state index in [2.05, 4.69) is 216 Å². The van der Waals surface area contributed by atoms with Crippen molar-refractivity contribution in [3.8, 4) is 39.1 Å². The minimum atomic E-state index is 0.878. The molecule has 0 N–H and O–H groups in total.